The maximum atomic E-state index is 11.5. The normalized spacial score (nSPS) is 19.3. The fraction of sp³-hybridized carbons (Fsp3) is 0.450. The minimum Gasteiger partial charge on any atom is -0.490 e. The Labute approximate surface area is 156 Å². The summed E-state index contributed by atoms with van der Waals surface area (Å²) in [5.41, 5.74) is 0.614. The van der Waals surface area contributed by atoms with Crippen LogP contribution >= 0.6 is 0 Å². The van der Waals surface area contributed by atoms with Crippen LogP contribution in [0.4, 0.5) is 0 Å². The van der Waals surface area contributed by atoms with E-state index in [0.717, 1.165) is 11.8 Å². The fourth-order valence-corrected chi connectivity index (χ4v) is 3.87. The van der Waals surface area contributed by atoms with Crippen molar-refractivity contribution < 1.29 is 19.4 Å². The van der Waals surface area contributed by atoms with E-state index < -0.39 is 17.6 Å². The van der Waals surface area contributed by atoms with Gasteiger partial charge in [0.2, 0.25) is 0 Å². The molecular formula is C20H22N2O5. The molecule has 0 spiro atoms. The zero-order valence-electron chi connectivity index (χ0n) is 15.0. The van der Waals surface area contributed by atoms with Crippen molar-refractivity contribution in [3.63, 3.8) is 0 Å². The van der Waals surface area contributed by atoms with Gasteiger partial charge in [-0.25, -0.2) is 4.79 Å². The molecule has 7 nitrogen and oxygen atoms in total. The highest BCUT2D eigenvalue weighted by molar-refractivity contribution is 5.85. The average Bonchev–Trinajstić information content (AvgIpc) is 3.09. The van der Waals surface area contributed by atoms with Crippen molar-refractivity contribution in [3.8, 4) is 11.8 Å². The van der Waals surface area contributed by atoms with Crippen molar-refractivity contribution in [2.45, 2.75) is 50.7 Å². The largest absolute Gasteiger partial charge is 0.490 e. The molecule has 0 amide bonds. The van der Waals surface area contributed by atoms with Gasteiger partial charge in [0.1, 0.15) is 18.1 Å². The Morgan fingerprint density at radius 1 is 1.22 bits per heavy atom. The minimum atomic E-state index is -1.18. The standard InChI is InChI=1S/C20H22N2O5/c23-18-10-17(19(24)25)22-11-16(27-20(22)21-18)12-26-15-8-6-14(7-9-15)13-4-2-1-3-5-13/h6-10,13,16H,1-5,11-12H2,(H,24,25)/t16-/m0/s1. The lowest BCUT2D eigenvalue weighted by Crippen LogP contribution is -2.24. The molecular weight excluding hydrogens is 348 g/mol. The maximum absolute atomic E-state index is 11.5. The van der Waals surface area contributed by atoms with Crippen molar-refractivity contribution in [2.75, 3.05) is 6.61 Å². The second-order valence-corrected chi connectivity index (χ2v) is 7.13. The number of aromatic nitrogens is 2. The summed E-state index contributed by atoms with van der Waals surface area (Å²) in [4.78, 5) is 26.5. The van der Waals surface area contributed by atoms with Crippen LogP contribution in [0.2, 0.25) is 0 Å². The number of ether oxygens (including phenoxy) is 2. The molecule has 1 saturated carbocycles. The molecule has 1 aliphatic heterocycles. The Balaban J connectivity index is 1.37. The number of carbonyl (C=O) groups is 1. The molecule has 1 atom stereocenters. The number of fused-ring (bicyclic) bond motifs is 1. The molecule has 1 aromatic carbocycles. The quantitative estimate of drug-likeness (QED) is 0.870. The Morgan fingerprint density at radius 2 is 1.96 bits per heavy atom. The summed E-state index contributed by atoms with van der Waals surface area (Å²) in [5.74, 6) is 0.216. The number of rotatable bonds is 5. The third kappa shape index (κ3) is 3.82. The van der Waals surface area contributed by atoms with Gasteiger partial charge < -0.3 is 14.6 Å². The highest BCUT2D eigenvalue weighted by Gasteiger charge is 2.28. The Morgan fingerprint density at radius 3 is 2.67 bits per heavy atom. The van der Waals surface area contributed by atoms with Gasteiger partial charge in [-0.1, -0.05) is 31.4 Å². The van der Waals surface area contributed by atoms with Crippen LogP contribution in [0.5, 0.6) is 11.8 Å². The van der Waals surface area contributed by atoms with E-state index in [-0.39, 0.29) is 24.9 Å². The summed E-state index contributed by atoms with van der Waals surface area (Å²) in [6, 6.07) is 9.21. The highest BCUT2D eigenvalue weighted by atomic mass is 16.6. The Kier molecular flexibility index (Phi) is 4.83. The lowest BCUT2D eigenvalue weighted by atomic mass is 9.84. The van der Waals surface area contributed by atoms with E-state index in [1.165, 1.54) is 42.2 Å². The fourth-order valence-electron chi connectivity index (χ4n) is 3.87. The van der Waals surface area contributed by atoms with Gasteiger partial charge in [0.25, 0.3) is 5.56 Å². The lowest BCUT2D eigenvalue weighted by molar-refractivity contribution is 0.0683. The molecule has 2 aliphatic rings. The van der Waals surface area contributed by atoms with Crippen LogP contribution < -0.4 is 15.0 Å². The van der Waals surface area contributed by atoms with Crippen LogP contribution in [0.1, 0.15) is 54.1 Å². The van der Waals surface area contributed by atoms with Crippen LogP contribution in [0.3, 0.4) is 0 Å². The molecule has 7 heteroatoms. The molecule has 0 radical (unpaired) electrons. The van der Waals surface area contributed by atoms with Gasteiger partial charge in [0.15, 0.2) is 6.10 Å². The van der Waals surface area contributed by atoms with Gasteiger partial charge >= 0.3 is 12.0 Å². The van der Waals surface area contributed by atoms with Crippen molar-refractivity contribution in [3.05, 3.63) is 51.9 Å². The molecule has 2 aromatic rings. The predicted molar refractivity (Wildman–Crippen MR) is 97.6 cm³/mol. The monoisotopic (exact) mass is 370 g/mol. The molecule has 1 aromatic heterocycles. The van der Waals surface area contributed by atoms with Gasteiger partial charge in [-0.2, -0.15) is 4.98 Å². The number of carboxylic acids is 1. The van der Waals surface area contributed by atoms with Crippen molar-refractivity contribution in [1.29, 1.82) is 0 Å². The van der Waals surface area contributed by atoms with Gasteiger partial charge in [-0.3, -0.25) is 9.36 Å². The topological polar surface area (TPSA) is 90.7 Å². The second-order valence-electron chi connectivity index (χ2n) is 7.13. The van der Waals surface area contributed by atoms with Crippen LogP contribution in [-0.4, -0.2) is 33.3 Å². The van der Waals surface area contributed by atoms with Crippen LogP contribution in [0.25, 0.3) is 0 Å². The summed E-state index contributed by atoms with van der Waals surface area (Å²) in [6.07, 6.45) is 6.06. The summed E-state index contributed by atoms with van der Waals surface area (Å²) in [6.45, 7) is 0.532. The third-order valence-electron chi connectivity index (χ3n) is 5.26. The molecule has 0 bridgehead atoms. The van der Waals surface area contributed by atoms with Gasteiger partial charge in [0, 0.05) is 6.07 Å². The number of carboxylic acid groups (broad SMARTS) is 1. The van der Waals surface area contributed by atoms with E-state index in [0.29, 0.717) is 5.92 Å². The van der Waals surface area contributed by atoms with Gasteiger partial charge in [0.05, 0.1) is 6.54 Å². The van der Waals surface area contributed by atoms with E-state index in [4.69, 9.17) is 9.47 Å². The summed E-state index contributed by atoms with van der Waals surface area (Å²) in [5, 5.41) is 9.23. The first-order chi connectivity index (χ1) is 13.1. The summed E-state index contributed by atoms with van der Waals surface area (Å²) >= 11 is 0. The van der Waals surface area contributed by atoms with Crippen LogP contribution in [0, 0.1) is 0 Å². The molecule has 27 heavy (non-hydrogen) atoms. The van der Waals surface area contributed by atoms with Crippen molar-refractivity contribution in [2.24, 2.45) is 0 Å². The van der Waals surface area contributed by atoms with Gasteiger partial charge in [-0.15, -0.1) is 0 Å². The molecule has 0 saturated heterocycles. The van der Waals surface area contributed by atoms with Crippen molar-refractivity contribution in [1.82, 2.24) is 9.55 Å². The van der Waals surface area contributed by atoms with Gasteiger partial charge in [-0.05, 0) is 36.5 Å². The first kappa shape index (κ1) is 17.6. The maximum Gasteiger partial charge on any atom is 0.352 e. The van der Waals surface area contributed by atoms with Crippen LogP contribution in [0.15, 0.2) is 35.1 Å². The van der Waals surface area contributed by atoms with Crippen molar-refractivity contribution >= 4 is 5.97 Å². The predicted octanol–water partition coefficient (Wildman–Crippen LogP) is 2.83. The molecule has 1 N–H and O–H groups in total. The number of hydrogen-bond donors (Lipinski definition) is 1. The van der Waals surface area contributed by atoms with E-state index in [1.807, 2.05) is 12.1 Å². The van der Waals surface area contributed by atoms with E-state index in [2.05, 4.69) is 17.1 Å². The highest BCUT2D eigenvalue weighted by Crippen LogP contribution is 2.33. The SMILES string of the molecule is O=C(O)c1cc(=O)nc2n1C[C@@H](COc1ccc(C3CCCCC3)cc1)O2. The summed E-state index contributed by atoms with van der Waals surface area (Å²) in [7, 11) is 0. The zero-order valence-corrected chi connectivity index (χ0v) is 15.0. The first-order valence-electron chi connectivity index (χ1n) is 9.35. The molecule has 0 unspecified atom stereocenters. The first-order valence-corrected chi connectivity index (χ1v) is 9.35. The number of hydrogen-bond acceptors (Lipinski definition) is 5. The molecule has 2 heterocycles. The molecule has 142 valence electrons. The number of nitrogens with zero attached hydrogens (tertiary/aromatic N) is 2. The lowest BCUT2D eigenvalue weighted by Gasteiger charge is -2.22. The third-order valence-corrected chi connectivity index (χ3v) is 5.26. The second kappa shape index (κ2) is 7.42. The molecule has 4 rings (SSSR count). The number of aromatic carboxylic acids is 1. The van der Waals surface area contributed by atoms with E-state index in [1.54, 1.807) is 0 Å². The van der Waals surface area contributed by atoms with E-state index in [9.17, 15) is 14.7 Å². The average molecular weight is 370 g/mol. The Hall–Kier alpha value is -2.83. The molecule has 1 aliphatic carbocycles. The minimum absolute atomic E-state index is 0.0288. The van der Waals surface area contributed by atoms with E-state index >= 15 is 0 Å². The number of benzene rings is 1. The zero-order chi connectivity index (χ0) is 18.8. The molecule has 1 fully saturated rings. The smallest absolute Gasteiger partial charge is 0.352 e. The van der Waals surface area contributed by atoms with Crippen LogP contribution in [-0.2, 0) is 6.54 Å². The Bertz CT molecular complexity index is 884. The summed E-state index contributed by atoms with van der Waals surface area (Å²) < 4.78 is 12.8.